The van der Waals surface area contributed by atoms with E-state index >= 15 is 4.39 Å². The van der Waals surface area contributed by atoms with Gasteiger partial charge in [0, 0.05) is 55.4 Å². The van der Waals surface area contributed by atoms with Gasteiger partial charge in [-0.05, 0) is 71.2 Å². The Morgan fingerprint density at radius 2 is 1.76 bits per heavy atom. The summed E-state index contributed by atoms with van der Waals surface area (Å²) in [5.41, 5.74) is 8.55. The summed E-state index contributed by atoms with van der Waals surface area (Å²) in [5.74, 6) is -3.82. The van der Waals surface area contributed by atoms with Gasteiger partial charge in [0.05, 0.1) is 10.7 Å². The molecule has 1 unspecified atom stereocenters. The molecule has 2 aliphatic rings. The number of carbonyl (C=O) groups excluding carboxylic acids is 5. The van der Waals surface area contributed by atoms with Gasteiger partial charge >= 0.3 is 5.97 Å². The van der Waals surface area contributed by atoms with Crippen molar-refractivity contribution < 1.29 is 48.2 Å². The van der Waals surface area contributed by atoms with Crippen LogP contribution in [-0.2, 0) is 41.6 Å². The molecule has 3 heterocycles. The highest BCUT2D eigenvalue weighted by Gasteiger charge is 2.38. The van der Waals surface area contributed by atoms with Crippen LogP contribution in [0.2, 0.25) is 5.02 Å². The Morgan fingerprint density at radius 3 is 2.40 bits per heavy atom. The molecule has 1 fully saturated rings. The third-order valence-electron chi connectivity index (χ3n) is 9.67. The molecule has 2 aliphatic heterocycles. The van der Waals surface area contributed by atoms with Crippen molar-refractivity contribution in [1.29, 1.82) is 0 Å². The summed E-state index contributed by atoms with van der Waals surface area (Å²) in [5, 5.41) is 26.8. The number of aliphatic carboxylic acids is 1. The van der Waals surface area contributed by atoms with E-state index < -0.39 is 29.8 Å². The van der Waals surface area contributed by atoms with E-state index in [1.165, 1.54) is 45.9 Å². The smallest absolute Gasteiger partial charge is 0.320 e. The molecule has 3 aromatic carbocycles. The second kappa shape index (κ2) is 19.0. The average Bonchev–Trinajstić information content (AvgIpc) is 3.75. The normalized spacial score (nSPS) is 15.6. The summed E-state index contributed by atoms with van der Waals surface area (Å²) in [7, 11) is 0. The number of fused-ring (bicyclic) bond motifs is 1. The van der Waals surface area contributed by atoms with E-state index in [-0.39, 0.29) is 98.0 Å². The maximum atomic E-state index is 15.3. The van der Waals surface area contributed by atoms with E-state index in [0.717, 1.165) is 6.08 Å². The second-order valence-electron chi connectivity index (χ2n) is 13.3. The number of nitrogens with two attached hydrogens (primary N) is 1. The number of rotatable bonds is 12. The summed E-state index contributed by atoms with van der Waals surface area (Å²) < 4.78 is 16.6. The molecule has 1 saturated heterocycles. The number of hydrogen-bond donors (Lipinski definition) is 3. The van der Waals surface area contributed by atoms with Crippen molar-refractivity contribution in [2.24, 2.45) is 5.73 Å². The highest BCUT2D eigenvalue weighted by molar-refractivity contribution is 6.31. The van der Waals surface area contributed by atoms with E-state index in [1.54, 1.807) is 47.4 Å². The number of anilines is 1. The van der Waals surface area contributed by atoms with E-state index in [9.17, 15) is 28.8 Å². The Hall–Kier alpha value is -6.66. The van der Waals surface area contributed by atoms with Crippen LogP contribution in [0.4, 0.5) is 10.1 Å². The maximum Gasteiger partial charge on any atom is 0.320 e. The molecule has 0 spiro atoms. The average molecular weight is 817 g/mol. The lowest BCUT2D eigenvalue weighted by Crippen LogP contribution is -2.53. The molecule has 302 valence electrons. The molecule has 0 aliphatic carbocycles. The van der Waals surface area contributed by atoms with Crippen molar-refractivity contribution in [1.82, 2.24) is 30.0 Å². The molecule has 2 atom stereocenters. The summed E-state index contributed by atoms with van der Waals surface area (Å²) in [6.45, 7) is 1.37. The Bertz CT molecular complexity index is 2250. The quantitative estimate of drug-likeness (QED) is 0.106. The lowest BCUT2D eigenvalue weighted by molar-refractivity contribution is -0.140. The number of piperazine rings is 1. The second-order valence-corrected chi connectivity index (χ2v) is 13.7. The summed E-state index contributed by atoms with van der Waals surface area (Å²) in [4.78, 5) is 90.3. The standard InChI is InChI=1S/C38H36ClFN8O7.CH2O2/c1-22(49)24-7-5-23(6-8-24)19-32(50)37-26-3-2-4-30(46-18-17-45(20-35(46)53)33(51)14-11-29(41)38(54)55)25(26)15-16-47(37)34(52)13-9-27-31(48-21-42-43-44-48)12-10-28(39)36(27)40;2-1-3/h2-10,12-13,21,29,37H,11,14-20,41H2,1H3,(H,54,55);1H,(H,2,3)/b13-9+;/t29-,37?;/m0./s1. The number of ketones is 2. The molecule has 0 bridgehead atoms. The molecule has 4 N–H and O–H groups in total. The first-order chi connectivity index (χ1) is 27.7. The molecule has 17 nitrogen and oxygen atoms in total. The highest BCUT2D eigenvalue weighted by Crippen LogP contribution is 2.38. The Balaban J connectivity index is 0.00000207. The Morgan fingerprint density at radius 1 is 1.03 bits per heavy atom. The molecule has 3 amide bonds. The molecular weight excluding hydrogens is 779 g/mol. The van der Waals surface area contributed by atoms with E-state index in [1.807, 2.05) is 0 Å². The van der Waals surface area contributed by atoms with Crippen molar-refractivity contribution in [3.8, 4) is 5.69 Å². The predicted octanol–water partition coefficient (Wildman–Crippen LogP) is 2.68. The topological polar surface area (TPSA) is 239 Å². The van der Waals surface area contributed by atoms with E-state index in [2.05, 4.69) is 15.5 Å². The van der Waals surface area contributed by atoms with Crippen LogP contribution in [0.5, 0.6) is 0 Å². The fourth-order valence-electron chi connectivity index (χ4n) is 6.78. The van der Waals surface area contributed by atoms with Crippen LogP contribution in [0.25, 0.3) is 11.8 Å². The van der Waals surface area contributed by atoms with Crippen LogP contribution in [0.3, 0.4) is 0 Å². The number of Topliss-reactive ketones (excluding diaryl/α,β-unsaturated/α-hetero) is 2. The number of tetrazole rings is 1. The number of carboxylic acid groups (broad SMARTS) is 2. The van der Waals surface area contributed by atoms with E-state index in [4.69, 9.17) is 32.3 Å². The van der Waals surface area contributed by atoms with Crippen LogP contribution in [0.1, 0.15) is 58.4 Å². The minimum Gasteiger partial charge on any atom is -0.483 e. The number of hydrogen-bond acceptors (Lipinski definition) is 11. The monoisotopic (exact) mass is 816 g/mol. The van der Waals surface area contributed by atoms with Crippen LogP contribution in [-0.4, -0.2) is 114 Å². The SMILES string of the molecule is CC(=O)c1ccc(CC(=O)C2c3cccc(N4CCN(C(=O)CC[C@H](N)C(=O)O)CC4=O)c3CCN2C(=O)/C=C/c2c(-n3cnnn3)ccc(Cl)c2F)cc1.O=CO. The molecular formula is C39H38ClFN8O9. The number of halogens is 2. The first-order valence-corrected chi connectivity index (χ1v) is 18.2. The van der Waals surface area contributed by atoms with Crippen molar-refractivity contribution in [2.75, 3.05) is 31.1 Å². The van der Waals surface area contributed by atoms with Gasteiger partial charge in [-0.2, -0.15) is 4.68 Å². The zero-order chi connectivity index (χ0) is 42.1. The van der Waals surface area contributed by atoms with Crippen LogP contribution >= 0.6 is 11.6 Å². The molecule has 58 heavy (non-hydrogen) atoms. The Kier molecular flexibility index (Phi) is 13.9. The molecule has 6 rings (SSSR count). The minimum absolute atomic E-state index is 0.0536. The summed E-state index contributed by atoms with van der Waals surface area (Å²) >= 11 is 6.08. The van der Waals surface area contributed by atoms with Gasteiger partial charge in [-0.15, -0.1) is 5.10 Å². The van der Waals surface area contributed by atoms with Crippen LogP contribution in [0, 0.1) is 5.82 Å². The molecule has 19 heteroatoms. The minimum atomic E-state index is -1.22. The van der Waals surface area contributed by atoms with Crippen LogP contribution < -0.4 is 10.6 Å². The van der Waals surface area contributed by atoms with Gasteiger partial charge in [0.15, 0.2) is 17.4 Å². The van der Waals surface area contributed by atoms with Gasteiger partial charge in [-0.3, -0.25) is 33.6 Å². The lowest BCUT2D eigenvalue weighted by atomic mass is 9.86. The van der Waals surface area contributed by atoms with Gasteiger partial charge in [0.1, 0.15) is 25.0 Å². The van der Waals surface area contributed by atoms with Crippen molar-refractivity contribution in [3.63, 3.8) is 0 Å². The molecule has 0 radical (unpaired) electrons. The molecule has 1 aromatic heterocycles. The first-order valence-electron chi connectivity index (χ1n) is 17.8. The van der Waals surface area contributed by atoms with Gasteiger partial charge < -0.3 is 30.6 Å². The van der Waals surface area contributed by atoms with Crippen molar-refractivity contribution in [2.45, 2.75) is 44.7 Å². The summed E-state index contributed by atoms with van der Waals surface area (Å²) in [6, 6.07) is 12.3. The zero-order valence-electron chi connectivity index (χ0n) is 31.0. The molecule has 4 aromatic rings. The Labute approximate surface area is 335 Å². The van der Waals surface area contributed by atoms with Gasteiger partial charge in [-0.25, -0.2) is 4.39 Å². The predicted molar refractivity (Wildman–Crippen MR) is 205 cm³/mol. The van der Waals surface area contributed by atoms with Crippen molar-refractivity contribution >= 4 is 65.1 Å². The third-order valence-corrected chi connectivity index (χ3v) is 9.96. The molecule has 0 saturated carbocycles. The number of benzene rings is 3. The number of amides is 3. The van der Waals surface area contributed by atoms with Crippen molar-refractivity contribution in [3.05, 3.63) is 106 Å². The number of nitrogens with zero attached hydrogens (tertiary/aromatic N) is 7. The largest absolute Gasteiger partial charge is 0.483 e. The maximum absolute atomic E-state index is 15.3. The number of aromatic nitrogens is 4. The fourth-order valence-corrected chi connectivity index (χ4v) is 6.95. The lowest BCUT2D eigenvalue weighted by Gasteiger charge is -2.40. The first kappa shape index (κ1) is 42.5. The van der Waals surface area contributed by atoms with Crippen LogP contribution in [0.15, 0.2) is 67.0 Å². The fraction of sp³-hybridized carbons (Fsp3) is 0.282. The number of carboxylic acids is 1. The third kappa shape index (κ3) is 9.64. The summed E-state index contributed by atoms with van der Waals surface area (Å²) in [6.07, 6.45) is 3.67. The zero-order valence-corrected chi connectivity index (χ0v) is 31.8. The van der Waals surface area contributed by atoms with Gasteiger partial charge in [-0.1, -0.05) is 48.0 Å². The number of carbonyl (C=O) groups is 7. The van der Waals surface area contributed by atoms with Gasteiger partial charge in [0.2, 0.25) is 17.7 Å². The van der Waals surface area contributed by atoms with Gasteiger partial charge in [0.25, 0.3) is 6.47 Å². The highest BCUT2D eigenvalue weighted by atomic mass is 35.5. The van der Waals surface area contributed by atoms with E-state index in [0.29, 0.717) is 27.9 Å².